The highest BCUT2D eigenvalue weighted by Gasteiger charge is 2.43. The van der Waals surface area contributed by atoms with E-state index in [4.69, 9.17) is 4.74 Å². The van der Waals surface area contributed by atoms with Crippen molar-refractivity contribution in [2.24, 2.45) is 0 Å². The van der Waals surface area contributed by atoms with Crippen molar-refractivity contribution in [3.05, 3.63) is 12.7 Å². The fourth-order valence-electron chi connectivity index (χ4n) is 2.86. The Morgan fingerprint density at radius 1 is 1.35 bits per heavy atom. The molecular weight excluding hydrogens is 260 g/mol. The number of amides is 1. The summed E-state index contributed by atoms with van der Waals surface area (Å²) in [4.78, 5) is 29.1. The van der Waals surface area contributed by atoms with Crippen LogP contribution >= 0.6 is 0 Å². The average molecular weight is 274 g/mol. The number of ether oxygens (including phenoxy) is 1. The van der Waals surface area contributed by atoms with Crippen LogP contribution in [-0.4, -0.2) is 57.7 Å². The van der Waals surface area contributed by atoms with Gasteiger partial charge in [0, 0.05) is 13.1 Å². The number of aromatic nitrogens is 4. The number of anilines is 1. The molecule has 104 valence electrons. The SMILES string of the molecule is O=C1COC2(CCN(c3ncnc4nc[nH]c34)C2)CN1. The van der Waals surface area contributed by atoms with Crippen molar-refractivity contribution in [3.63, 3.8) is 0 Å². The zero-order valence-corrected chi connectivity index (χ0v) is 10.8. The molecule has 2 aromatic heterocycles. The zero-order chi connectivity index (χ0) is 13.6. The van der Waals surface area contributed by atoms with Gasteiger partial charge in [-0.2, -0.15) is 0 Å². The van der Waals surface area contributed by atoms with E-state index in [1.807, 2.05) is 0 Å². The molecule has 2 N–H and O–H groups in total. The summed E-state index contributed by atoms with van der Waals surface area (Å²) in [7, 11) is 0. The minimum atomic E-state index is -0.300. The minimum absolute atomic E-state index is 0.0490. The molecule has 0 radical (unpaired) electrons. The Morgan fingerprint density at radius 2 is 2.30 bits per heavy atom. The van der Waals surface area contributed by atoms with E-state index < -0.39 is 0 Å². The number of imidazole rings is 1. The minimum Gasteiger partial charge on any atom is -0.361 e. The highest BCUT2D eigenvalue weighted by Crippen LogP contribution is 2.31. The predicted molar refractivity (Wildman–Crippen MR) is 70.2 cm³/mol. The molecule has 8 nitrogen and oxygen atoms in total. The molecule has 2 aromatic rings. The first-order chi connectivity index (χ1) is 9.76. The van der Waals surface area contributed by atoms with Crippen LogP contribution in [0.1, 0.15) is 6.42 Å². The van der Waals surface area contributed by atoms with Gasteiger partial charge in [0.1, 0.15) is 24.1 Å². The molecule has 1 spiro atoms. The highest BCUT2D eigenvalue weighted by molar-refractivity contribution is 5.83. The number of hydrogen-bond donors (Lipinski definition) is 2. The van der Waals surface area contributed by atoms with Crippen LogP contribution in [0.5, 0.6) is 0 Å². The van der Waals surface area contributed by atoms with Crippen LogP contribution in [0.15, 0.2) is 12.7 Å². The third-order valence-corrected chi connectivity index (χ3v) is 3.94. The van der Waals surface area contributed by atoms with Gasteiger partial charge in [-0.15, -0.1) is 0 Å². The second-order valence-corrected chi connectivity index (χ2v) is 5.22. The van der Waals surface area contributed by atoms with E-state index in [0.29, 0.717) is 18.7 Å². The first-order valence-electron chi connectivity index (χ1n) is 6.55. The largest absolute Gasteiger partial charge is 0.361 e. The van der Waals surface area contributed by atoms with Crippen LogP contribution in [-0.2, 0) is 9.53 Å². The fraction of sp³-hybridized carbons (Fsp3) is 0.500. The van der Waals surface area contributed by atoms with Crippen molar-refractivity contribution in [2.45, 2.75) is 12.0 Å². The standard InChI is InChI=1S/C12H14N6O2/c19-8-3-20-12(4-13-8)1-2-18(5-12)11-9-10(15-6-14-9)16-7-17-11/h6-7H,1-5H2,(H,13,19)(H,14,15,16,17). The number of nitrogens with one attached hydrogen (secondary N) is 2. The summed E-state index contributed by atoms with van der Waals surface area (Å²) >= 11 is 0. The van der Waals surface area contributed by atoms with Crippen molar-refractivity contribution in [1.29, 1.82) is 0 Å². The number of aromatic amines is 1. The van der Waals surface area contributed by atoms with Gasteiger partial charge in [0.15, 0.2) is 11.5 Å². The van der Waals surface area contributed by atoms with Gasteiger partial charge in [-0.3, -0.25) is 4.79 Å². The van der Waals surface area contributed by atoms with Gasteiger partial charge in [-0.05, 0) is 6.42 Å². The van der Waals surface area contributed by atoms with Crippen molar-refractivity contribution in [2.75, 3.05) is 31.1 Å². The normalized spacial score (nSPS) is 26.4. The molecular formula is C12H14N6O2. The molecule has 1 unspecified atom stereocenters. The Balaban J connectivity index is 1.62. The number of carbonyl (C=O) groups excluding carboxylic acids is 1. The van der Waals surface area contributed by atoms with Crippen LogP contribution in [0.3, 0.4) is 0 Å². The first-order valence-corrected chi connectivity index (χ1v) is 6.55. The van der Waals surface area contributed by atoms with E-state index in [-0.39, 0.29) is 18.1 Å². The Morgan fingerprint density at radius 3 is 3.15 bits per heavy atom. The van der Waals surface area contributed by atoms with Crippen molar-refractivity contribution in [1.82, 2.24) is 25.3 Å². The number of fused-ring (bicyclic) bond motifs is 1. The summed E-state index contributed by atoms with van der Waals surface area (Å²) in [6.45, 7) is 2.23. The Bertz CT molecular complexity index is 659. The summed E-state index contributed by atoms with van der Waals surface area (Å²) in [5, 5.41) is 2.88. The zero-order valence-electron chi connectivity index (χ0n) is 10.8. The Hall–Kier alpha value is -2.22. The number of H-pyrrole nitrogens is 1. The molecule has 0 aromatic carbocycles. The molecule has 4 heterocycles. The number of hydrogen-bond acceptors (Lipinski definition) is 6. The molecule has 20 heavy (non-hydrogen) atoms. The third kappa shape index (κ3) is 1.72. The van der Waals surface area contributed by atoms with Crippen LogP contribution in [0.4, 0.5) is 5.82 Å². The maximum Gasteiger partial charge on any atom is 0.246 e. The Kier molecular flexibility index (Phi) is 2.40. The lowest BCUT2D eigenvalue weighted by atomic mass is 10.0. The molecule has 2 fully saturated rings. The van der Waals surface area contributed by atoms with E-state index in [2.05, 4.69) is 30.2 Å². The van der Waals surface area contributed by atoms with Crippen molar-refractivity contribution >= 4 is 22.9 Å². The number of carbonyl (C=O) groups is 1. The van der Waals surface area contributed by atoms with Gasteiger partial charge < -0.3 is 19.9 Å². The smallest absolute Gasteiger partial charge is 0.246 e. The monoisotopic (exact) mass is 274 g/mol. The first kappa shape index (κ1) is 11.6. The van der Waals surface area contributed by atoms with Gasteiger partial charge >= 0.3 is 0 Å². The maximum atomic E-state index is 11.2. The number of nitrogens with zero attached hydrogens (tertiary/aromatic N) is 4. The lowest BCUT2D eigenvalue weighted by Crippen LogP contribution is -2.53. The molecule has 8 heteroatoms. The van der Waals surface area contributed by atoms with E-state index in [1.165, 1.54) is 6.33 Å². The molecule has 0 saturated carbocycles. The summed E-state index contributed by atoms with van der Waals surface area (Å²) in [5.74, 6) is 0.789. The highest BCUT2D eigenvalue weighted by atomic mass is 16.5. The van der Waals surface area contributed by atoms with Gasteiger partial charge in [0.05, 0.1) is 12.9 Å². The van der Waals surface area contributed by atoms with Crippen LogP contribution in [0.2, 0.25) is 0 Å². The van der Waals surface area contributed by atoms with Gasteiger partial charge in [0.2, 0.25) is 5.91 Å². The summed E-state index contributed by atoms with van der Waals surface area (Å²) in [6.07, 6.45) is 4.01. The lowest BCUT2D eigenvalue weighted by molar-refractivity contribution is -0.141. The van der Waals surface area contributed by atoms with Gasteiger partial charge in [-0.1, -0.05) is 0 Å². The van der Waals surface area contributed by atoms with Crippen molar-refractivity contribution in [3.8, 4) is 0 Å². The Labute approximate surface area is 114 Å². The van der Waals surface area contributed by atoms with Gasteiger partial charge in [-0.25, -0.2) is 15.0 Å². The van der Waals surface area contributed by atoms with Crippen LogP contribution < -0.4 is 10.2 Å². The summed E-state index contributed by atoms with van der Waals surface area (Å²) < 4.78 is 5.76. The van der Waals surface area contributed by atoms with E-state index in [9.17, 15) is 4.79 Å². The third-order valence-electron chi connectivity index (χ3n) is 3.94. The number of rotatable bonds is 1. The number of morpholine rings is 1. The fourth-order valence-corrected chi connectivity index (χ4v) is 2.86. The lowest BCUT2D eigenvalue weighted by Gasteiger charge is -2.33. The van der Waals surface area contributed by atoms with Gasteiger partial charge in [0.25, 0.3) is 0 Å². The molecule has 2 saturated heterocycles. The molecule has 2 aliphatic rings. The molecule has 0 bridgehead atoms. The van der Waals surface area contributed by atoms with Crippen molar-refractivity contribution < 1.29 is 9.53 Å². The molecule has 0 aliphatic carbocycles. The van der Waals surface area contributed by atoms with Crippen LogP contribution in [0.25, 0.3) is 11.2 Å². The van der Waals surface area contributed by atoms with E-state index in [0.717, 1.165) is 24.3 Å². The summed E-state index contributed by atoms with van der Waals surface area (Å²) in [5.41, 5.74) is 1.20. The molecule has 2 aliphatic heterocycles. The second kappa shape index (κ2) is 4.14. The maximum absolute atomic E-state index is 11.2. The predicted octanol–water partition coefficient (Wildman–Crippen LogP) is -0.552. The average Bonchev–Trinajstić information content (AvgIpc) is 3.09. The molecule has 1 amide bonds. The van der Waals surface area contributed by atoms with E-state index >= 15 is 0 Å². The second-order valence-electron chi connectivity index (χ2n) is 5.22. The molecule has 1 atom stereocenters. The summed E-state index contributed by atoms with van der Waals surface area (Å²) in [6, 6.07) is 0. The molecule has 4 rings (SSSR count). The van der Waals surface area contributed by atoms with Crippen LogP contribution in [0, 0.1) is 0 Å². The topological polar surface area (TPSA) is 96.0 Å². The quantitative estimate of drug-likeness (QED) is 0.724. The van der Waals surface area contributed by atoms with E-state index in [1.54, 1.807) is 6.33 Å².